The number of hydrogen-bond donors (Lipinski definition) is 2. The number of piperidine rings is 1. The Bertz CT molecular complexity index is 454. The standard InChI is InChI=1S/C20H38N4O/c1-19(2)14-16(15-20(3,4)22-19)21-18(25)24-12-7-8-17(9-13-24)23-10-5-6-11-23/h16-17,22H,5-15H2,1-4H3,(H,21,25)/t17-/m0/s1. The van der Waals surface area contributed by atoms with E-state index in [1.165, 1.54) is 32.4 Å². The average molecular weight is 351 g/mol. The van der Waals surface area contributed by atoms with Gasteiger partial charge in [-0.2, -0.15) is 0 Å². The Kier molecular flexibility index (Phi) is 5.64. The van der Waals surface area contributed by atoms with Gasteiger partial charge in [-0.25, -0.2) is 4.79 Å². The zero-order valence-electron chi connectivity index (χ0n) is 16.7. The maximum Gasteiger partial charge on any atom is 0.317 e. The maximum atomic E-state index is 12.8. The number of carbonyl (C=O) groups is 1. The molecule has 1 atom stereocenters. The minimum atomic E-state index is 0.0688. The molecule has 144 valence electrons. The number of likely N-dealkylation sites (tertiary alicyclic amines) is 2. The first kappa shape index (κ1) is 19.0. The molecular formula is C20H38N4O. The summed E-state index contributed by atoms with van der Waals surface area (Å²) in [6, 6.07) is 1.11. The molecular weight excluding hydrogens is 312 g/mol. The van der Waals surface area contributed by atoms with Crippen molar-refractivity contribution in [3.63, 3.8) is 0 Å². The van der Waals surface area contributed by atoms with E-state index in [1.54, 1.807) is 0 Å². The Morgan fingerprint density at radius 2 is 1.56 bits per heavy atom. The topological polar surface area (TPSA) is 47.6 Å². The second-order valence-electron chi connectivity index (χ2n) is 9.76. The van der Waals surface area contributed by atoms with Gasteiger partial charge in [0.15, 0.2) is 0 Å². The molecule has 0 saturated carbocycles. The molecule has 0 unspecified atom stereocenters. The summed E-state index contributed by atoms with van der Waals surface area (Å²) in [5.74, 6) is 0. The smallest absolute Gasteiger partial charge is 0.317 e. The van der Waals surface area contributed by atoms with E-state index in [-0.39, 0.29) is 23.2 Å². The van der Waals surface area contributed by atoms with Crippen molar-refractivity contribution in [2.24, 2.45) is 0 Å². The SMILES string of the molecule is CC1(C)CC(NC(=O)N2CCC[C@H](N3CCCC3)CC2)CC(C)(C)N1. The molecule has 0 aromatic rings. The molecule has 3 aliphatic heterocycles. The second-order valence-corrected chi connectivity index (χ2v) is 9.76. The zero-order chi connectivity index (χ0) is 18.1. The van der Waals surface area contributed by atoms with Crippen LogP contribution in [0.3, 0.4) is 0 Å². The van der Waals surface area contributed by atoms with Gasteiger partial charge in [0, 0.05) is 36.3 Å². The molecule has 0 spiro atoms. The minimum absolute atomic E-state index is 0.0688. The largest absolute Gasteiger partial charge is 0.335 e. The Balaban J connectivity index is 1.52. The fourth-order valence-corrected chi connectivity index (χ4v) is 5.44. The summed E-state index contributed by atoms with van der Waals surface area (Å²) < 4.78 is 0. The number of hydrogen-bond acceptors (Lipinski definition) is 3. The lowest BCUT2D eigenvalue weighted by Crippen LogP contribution is -2.63. The number of nitrogens with zero attached hydrogens (tertiary/aromatic N) is 2. The first-order valence-electron chi connectivity index (χ1n) is 10.3. The van der Waals surface area contributed by atoms with Crippen LogP contribution in [0.5, 0.6) is 0 Å². The molecule has 3 heterocycles. The van der Waals surface area contributed by atoms with Crippen LogP contribution in [0, 0.1) is 0 Å². The van der Waals surface area contributed by atoms with Crippen LogP contribution in [0.4, 0.5) is 4.79 Å². The quantitative estimate of drug-likeness (QED) is 0.805. The second kappa shape index (κ2) is 7.43. The van der Waals surface area contributed by atoms with Crippen LogP contribution in [0.2, 0.25) is 0 Å². The predicted octanol–water partition coefficient (Wildman–Crippen LogP) is 2.96. The van der Waals surface area contributed by atoms with Crippen molar-refractivity contribution in [2.45, 2.75) is 95.8 Å². The summed E-state index contributed by atoms with van der Waals surface area (Å²) in [7, 11) is 0. The van der Waals surface area contributed by atoms with E-state index in [0.717, 1.165) is 38.8 Å². The lowest BCUT2D eigenvalue weighted by Gasteiger charge is -2.46. The predicted molar refractivity (Wildman–Crippen MR) is 103 cm³/mol. The van der Waals surface area contributed by atoms with Gasteiger partial charge in [0.2, 0.25) is 0 Å². The van der Waals surface area contributed by atoms with E-state index < -0.39 is 0 Å². The normalized spacial score (nSPS) is 30.9. The third-order valence-electron chi connectivity index (χ3n) is 6.16. The van der Waals surface area contributed by atoms with Gasteiger partial charge in [0.25, 0.3) is 0 Å². The van der Waals surface area contributed by atoms with Crippen LogP contribution in [0.25, 0.3) is 0 Å². The molecule has 2 N–H and O–H groups in total. The molecule has 0 aromatic carbocycles. The van der Waals surface area contributed by atoms with Gasteiger partial charge < -0.3 is 20.4 Å². The molecule has 0 aromatic heterocycles. The highest BCUT2D eigenvalue weighted by Gasteiger charge is 2.38. The van der Waals surface area contributed by atoms with Crippen molar-refractivity contribution < 1.29 is 4.79 Å². The van der Waals surface area contributed by atoms with Gasteiger partial charge in [-0.1, -0.05) is 0 Å². The fraction of sp³-hybridized carbons (Fsp3) is 0.950. The molecule has 5 heteroatoms. The number of rotatable bonds is 2. The first-order valence-corrected chi connectivity index (χ1v) is 10.3. The molecule has 25 heavy (non-hydrogen) atoms. The molecule has 3 rings (SSSR count). The van der Waals surface area contributed by atoms with E-state index in [1.807, 2.05) is 0 Å². The van der Waals surface area contributed by atoms with E-state index >= 15 is 0 Å². The van der Waals surface area contributed by atoms with Crippen LogP contribution in [-0.2, 0) is 0 Å². The molecule has 3 saturated heterocycles. The van der Waals surface area contributed by atoms with Gasteiger partial charge in [0.05, 0.1) is 0 Å². The third kappa shape index (κ3) is 5.10. The summed E-state index contributed by atoms with van der Waals surface area (Å²) in [5, 5.41) is 7.04. The summed E-state index contributed by atoms with van der Waals surface area (Å²) in [6.07, 6.45) is 8.20. The van der Waals surface area contributed by atoms with E-state index in [9.17, 15) is 4.79 Å². The van der Waals surface area contributed by atoms with Crippen LogP contribution in [0.15, 0.2) is 0 Å². The van der Waals surface area contributed by atoms with Crippen molar-refractivity contribution in [3.8, 4) is 0 Å². The van der Waals surface area contributed by atoms with Gasteiger partial charge in [-0.05, 0) is 85.7 Å². The monoisotopic (exact) mass is 350 g/mol. The Labute approximate surface area is 153 Å². The van der Waals surface area contributed by atoms with Crippen molar-refractivity contribution in [2.75, 3.05) is 26.2 Å². The van der Waals surface area contributed by atoms with Crippen molar-refractivity contribution in [3.05, 3.63) is 0 Å². The summed E-state index contributed by atoms with van der Waals surface area (Å²) in [5.41, 5.74) is 0.138. The number of carbonyl (C=O) groups excluding carboxylic acids is 1. The van der Waals surface area contributed by atoms with Crippen LogP contribution < -0.4 is 10.6 Å². The van der Waals surface area contributed by atoms with Gasteiger partial charge in [0.1, 0.15) is 0 Å². The number of nitrogens with one attached hydrogen (secondary N) is 2. The molecule has 3 fully saturated rings. The van der Waals surface area contributed by atoms with Crippen molar-refractivity contribution in [1.29, 1.82) is 0 Å². The Morgan fingerprint density at radius 3 is 2.20 bits per heavy atom. The molecule has 0 radical (unpaired) electrons. The summed E-state index contributed by atoms with van der Waals surface area (Å²) in [6.45, 7) is 13.3. The maximum absolute atomic E-state index is 12.8. The summed E-state index contributed by atoms with van der Waals surface area (Å²) >= 11 is 0. The molecule has 0 aliphatic carbocycles. The third-order valence-corrected chi connectivity index (χ3v) is 6.16. The van der Waals surface area contributed by atoms with Crippen LogP contribution >= 0.6 is 0 Å². The van der Waals surface area contributed by atoms with Gasteiger partial charge in [-0.3, -0.25) is 0 Å². The fourth-order valence-electron chi connectivity index (χ4n) is 5.44. The van der Waals surface area contributed by atoms with Gasteiger partial charge >= 0.3 is 6.03 Å². The summed E-state index contributed by atoms with van der Waals surface area (Å²) in [4.78, 5) is 17.6. The Hall–Kier alpha value is -0.810. The lowest BCUT2D eigenvalue weighted by molar-refractivity contribution is 0.138. The first-order chi connectivity index (χ1) is 11.7. The molecule has 3 aliphatic rings. The Morgan fingerprint density at radius 1 is 0.920 bits per heavy atom. The average Bonchev–Trinajstić information content (AvgIpc) is 2.88. The molecule has 2 amide bonds. The van der Waals surface area contributed by atoms with Crippen molar-refractivity contribution in [1.82, 2.24) is 20.4 Å². The highest BCUT2D eigenvalue weighted by molar-refractivity contribution is 5.74. The van der Waals surface area contributed by atoms with E-state index in [0.29, 0.717) is 6.04 Å². The van der Waals surface area contributed by atoms with E-state index in [2.05, 4.69) is 48.1 Å². The van der Waals surface area contributed by atoms with E-state index in [4.69, 9.17) is 0 Å². The highest BCUT2D eigenvalue weighted by Crippen LogP contribution is 2.29. The van der Waals surface area contributed by atoms with Gasteiger partial charge in [-0.15, -0.1) is 0 Å². The van der Waals surface area contributed by atoms with Crippen LogP contribution in [-0.4, -0.2) is 65.2 Å². The molecule has 0 bridgehead atoms. The minimum Gasteiger partial charge on any atom is -0.335 e. The number of amides is 2. The highest BCUT2D eigenvalue weighted by atomic mass is 16.2. The zero-order valence-corrected chi connectivity index (χ0v) is 16.7. The number of urea groups is 1. The lowest BCUT2D eigenvalue weighted by atomic mass is 9.80. The van der Waals surface area contributed by atoms with Crippen LogP contribution in [0.1, 0.15) is 72.6 Å². The molecule has 5 nitrogen and oxygen atoms in total. The van der Waals surface area contributed by atoms with Crippen molar-refractivity contribution >= 4 is 6.03 Å².